The third-order valence-corrected chi connectivity index (χ3v) is 16.4. The van der Waals surface area contributed by atoms with Gasteiger partial charge in [-0.1, -0.05) is 199 Å². The van der Waals surface area contributed by atoms with Crippen molar-refractivity contribution in [2.75, 3.05) is 0 Å². The van der Waals surface area contributed by atoms with Gasteiger partial charge in [0.1, 0.15) is 0 Å². The van der Waals surface area contributed by atoms with Crippen LogP contribution in [0.25, 0.3) is 43.8 Å². The number of fused-ring (bicyclic) bond motifs is 2. The Morgan fingerprint density at radius 1 is 0.534 bits per heavy atom. The molecular formula is C52H68Cl2Si3Zr. The van der Waals surface area contributed by atoms with Gasteiger partial charge >= 0.3 is 37.9 Å². The standard InChI is InChI=1S/2C25H31Si.C2H6Si.2ClH.Zr/c2*1-26(2,3)23-14-12-21(13-15-23)24-11-7-10-22-17-20(18-25(22)24)16-19-8-5-4-6-9-19;1-3-2;;;/h2*7,10-15,17-19H,4-6,8-9,16H2,1-3H3;1-2H3;2*1H;/q2*-1;;;;+4/p-2. The normalized spacial score (nSPS) is 15.1. The van der Waals surface area contributed by atoms with Crippen LogP contribution in [-0.4, -0.2) is 25.7 Å². The number of benzene rings is 4. The summed E-state index contributed by atoms with van der Waals surface area (Å²) in [6.45, 7) is 18.8. The van der Waals surface area contributed by atoms with Gasteiger partial charge in [-0.25, -0.2) is 0 Å². The first-order valence-electron chi connectivity index (χ1n) is 22.0. The van der Waals surface area contributed by atoms with Gasteiger partial charge in [-0.3, -0.25) is 0 Å². The Labute approximate surface area is 376 Å². The van der Waals surface area contributed by atoms with E-state index in [2.05, 4.69) is 162 Å². The van der Waals surface area contributed by atoms with Crippen LogP contribution < -0.4 is 10.4 Å². The van der Waals surface area contributed by atoms with E-state index in [0.717, 1.165) is 21.4 Å². The van der Waals surface area contributed by atoms with Crippen molar-refractivity contribution in [3.05, 3.63) is 120 Å². The van der Waals surface area contributed by atoms with Crippen LogP contribution >= 0.6 is 17.0 Å². The fourth-order valence-electron chi connectivity index (χ4n) is 9.08. The molecule has 6 heteroatoms. The second kappa shape index (κ2) is 22.9. The Balaban J connectivity index is 0.000000195. The third kappa shape index (κ3) is 13.6. The molecular weight excluding hydrogens is 871 g/mol. The summed E-state index contributed by atoms with van der Waals surface area (Å²) in [6.07, 6.45) is 16.8. The molecule has 0 aliphatic heterocycles. The van der Waals surface area contributed by atoms with Gasteiger partial charge in [0.25, 0.3) is 0 Å². The summed E-state index contributed by atoms with van der Waals surface area (Å²) in [5.41, 5.74) is 8.56. The van der Waals surface area contributed by atoms with Crippen molar-refractivity contribution in [2.24, 2.45) is 11.8 Å². The summed E-state index contributed by atoms with van der Waals surface area (Å²) in [4.78, 5) is 0. The second-order valence-corrected chi connectivity index (χ2v) is 33.9. The SMILES string of the molecule is C[Si](C)(C)c1ccc(-c2cccc3[cH-]c(CC4CCCCC4)cc23)cc1.C[Si](C)(C)c1ccc(-c2cccc3[cH-]c(CC4CCCCC4)cc23)cc1.C[Si]C.[Cl][Zr+2][Cl]. The minimum absolute atomic E-state index is 0.826. The summed E-state index contributed by atoms with van der Waals surface area (Å²) in [7, 11) is 8.49. The predicted octanol–water partition coefficient (Wildman–Crippen LogP) is 16.0. The monoisotopic (exact) mass is 936 g/mol. The van der Waals surface area contributed by atoms with Crippen LogP contribution in [0.4, 0.5) is 0 Å². The van der Waals surface area contributed by atoms with Crippen molar-refractivity contribution in [3.8, 4) is 22.3 Å². The number of hydrogen-bond donors (Lipinski definition) is 0. The number of halogens is 2. The van der Waals surface area contributed by atoms with Crippen LogP contribution in [0, 0.1) is 11.8 Å². The van der Waals surface area contributed by atoms with E-state index in [-0.39, 0.29) is 0 Å². The molecule has 2 radical (unpaired) electrons. The van der Waals surface area contributed by atoms with E-state index >= 15 is 0 Å². The van der Waals surface area contributed by atoms with E-state index in [1.165, 1.54) is 142 Å². The average Bonchev–Trinajstić information content (AvgIpc) is 3.82. The molecule has 0 bridgehead atoms. The molecule has 0 spiro atoms. The number of rotatable bonds is 8. The van der Waals surface area contributed by atoms with E-state index < -0.39 is 37.0 Å². The summed E-state index contributed by atoms with van der Waals surface area (Å²) in [5.74, 6) is 1.81. The molecule has 0 N–H and O–H groups in total. The van der Waals surface area contributed by atoms with Gasteiger partial charge < -0.3 is 0 Å². The third-order valence-electron chi connectivity index (χ3n) is 12.2. The maximum absolute atomic E-state index is 4.93. The van der Waals surface area contributed by atoms with Gasteiger partial charge in [0.05, 0.1) is 16.1 Å². The van der Waals surface area contributed by atoms with Crippen molar-refractivity contribution in [1.82, 2.24) is 0 Å². The van der Waals surface area contributed by atoms with E-state index in [1.807, 2.05) is 0 Å². The zero-order chi connectivity index (χ0) is 41.7. The Kier molecular flexibility index (Phi) is 18.6. The molecule has 0 aromatic heterocycles. The first-order valence-corrected chi connectivity index (χ1v) is 37.3. The second-order valence-electron chi connectivity index (χ2n) is 19.0. The predicted molar refractivity (Wildman–Crippen MR) is 266 cm³/mol. The molecule has 0 nitrogen and oxygen atoms in total. The van der Waals surface area contributed by atoms with E-state index in [0.29, 0.717) is 0 Å². The van der Waals surface area contributed by atoms with Crippen molar-refractivity contribution >= 4 is 74.6 Å². The maximum atomic E-state index is 4.93. The van der Waals surface area contributed by atoms with Crippen LogP contribution in [0.5, 0.6) is 0 Å². The Bertz CT molecular complexity index is 1950. The summed E-state index contributed by atoms with van der Waals surface area (Å²) in [6, 6.07) is 42.1. The summed E-state index contributed by atoms with van der Waals surface area (Å²) >= 11 is -0.826. The van der Waals surface area contributed by atoms with E-state index in [4.69, 9.17) is 17.0 Å². The van der Waals surface area contributed by atoms with Gasteiger partial charge in [0, 0.05) is 9.52 Å². The topological polar surface area (TPSA) is 0 Å². The molecule has 2 fully saturated rings. The summed E-state index contributed by atoms with van der Waals surface area (Å²) < 4.78 is 0. The van der Waals surface area contributed by atoms with Crippen molar-refractivity contribution in [1.29, 1.82) is 0 Å². The Morgan fingerprint density at radius 3 is 1.17 bits per heavy atom. The average molecular weight is 940 g/mol. The van der Waals surface area contributed by atoms with Crippen LogP contribution in [0.2, 0.25) is 52.4 Å². The fourth-order valence-corrected chi connectivity index (χ4v) is 11.4. The van der Waals surface area contributed by atoms with E-state index in [9.17, 15) is 0 Å². The molecule has 306 valence electrons. The molecule has 0 saturated heterocycles. The van der Waals surface area contributed by atoms with Crippen molar-refractivity contribution in [3.63, 3.8) is 0 Å². The molecule has 2 aliphatic rings. The van der Waals surface area contributed by atoms with Crippen molar-refractivity contribution < 1.29 is 20.8 Å². The Hall–Kier alpha value is -1.79. The minimum atomic E-state index is -1.23. The van der Waals surface area contributed by atoms with Gasteiger partial charge in [-0.15, -0.1) is 69.1 Å². The first-order chi connectivity index (χ1) is 27.8. The molecule has 2 saturated carbocycles. The van der Waals surface area contributed by atoms with Crippen LogP contribution in [-0.2, 0) is 33.7 Å². The summed E-state index contributed by atoms with van der Waals surface area (Å²) in [5, 5.41) is 8.74. The fraction of sp³-hybridized carbons (Fsp3) is 0.423. The van der Waals surface area contributed by atoms with Crippen LogP contribution in [0.1, 0.15) is 75.3 Å². The van der Waals surface area contributed by atoms with Crippen LogP contribution in [0.3, 0.4) is 0 Å². The molecule has 0 unspecified atom stereocenters. The van der Waals surface area contributed by atoms with E-state index in [1.54, 1.807) is 0 Å². The van der Waals surface area contributed by atoms with Gasteiger partial charge in [0.2, 0.25) is 0 Å². The van der Waals surface area contributed by atoms with Gasteiger partial charge in [0.15, 0.2) is 0 Å². The molecule has 6 aromatic rings. The van der Waals surface area contributed by atoms with Crippen LogP contribution in [0.15, 0.2) is 109 Å². The van der Waals surface area contributed by atoms with Gasteiger partial charge in [-0.05, 0) is 35.8 Å². The molecule has 0 atom stereocenters. The molecule has 58 heavy (non-hydrogen) atoms. The molecule has 8 rings (SSSR count). The van der Waals surface area contributed by atoms with Gasteiger partial charge in [-0.2, -0.15) is 12.1 Å². The quantitative estimate of drug-likeness (QED) is 0.105. The molecule has 0 heterocycles. The van der Waals surface area contributed by atoms with Crippen molar-refractivity contribution in [2.45, 2.75) is 129 Å². The number of hydrogen-bond acceptors (Lipinski definition) is 0. The zero-order valence-corrected chi connectivity index (χ0v) is 43.8. The molecule has 0 amide bonds. The molecule has 6 aromatic carbocycles. The first kappa shape index (κ1) is 47.3. The zero-order valence-electron chi connectivity index (χ0n) is 36.8. The Morgan fingerprint density at radius 2 is 0.862 bits per heavy atom. The molecule has 2 aliphatic carbocycles.